The van der Waals surface area contributed by atoms with Gasteiger partial charge in [0.25, 0.3) is 0 Å². The molecule has 0 unspecified atom stereocenters. The number of thiophene rings is 1. The molecule has 0 spiro atoms. The molecule has 0 nitrogen and oxygen atoms in total. The molecule has 0 saturated carbocycles. The molecule has 1 aromatic heterocycles. The standard InChI is InChI=1S/C12H12.C6H8S/c1-9-3-5-12-8-10(2)4-6-11(12)7-9;1-5-3-4-6(2)7-5/h3-8H,1-2H3;3-4H,1-2H3. The van der Waals surface area contributed by atoms with Crippen molar-refractivity contribution in [2.45, 2.75) is 27.7 Å². The fraction of sp³-hybridized carbons (Fsp3) is 0.222. The quantitative estimate of drug-likeness (QED) is 0.482. The highest BCUT2D eigenvalue weighted by Gasteiger charge is 1.92. The van der Waals surface area contributed by atoms with Crippen LogP contribution in [0.15, 0.2) is 48.5 Å². The van der Waals surface area contributed by atoms with E-state index in [1.54, 1.807) is 0 Å². The zero-order chi connectivity index (χ0) is 13.8. The Morgan fingerprint density at radius 1 is 0.579 bits per heavy atom. The maximum atomic E-state index is 2.22. The van der Waals surface area contributed by atoms with Gasteiger partial charge >= 0.3 is 0 Å². The van der Waals surface area contributed by atoms with Crippen molar-refractivity contribution in [1.29, 1.82) is 0 Å². The van der Waals surface area contributed by atoms with Crippen molar-refractivity contribution in [3.8, 4) is 0 Å². The zero-order valence-electron chi connectivity index (χ0n) is 12.0. The summed E-state index contributed by atoms with van der Waals surface area (Å²) in [6, 6.07) is 17.4. The first-order chi connectivity index (χ1) is 9.04. The normalized spacial score (nSPS) is 10.1. The first-order valence-electron chi connectivity index (χ1n) is 6.54. The topological polar surface area (TPSA) is 0 Å². The summed E-state index contributed by atoms with van der Waals surface area (Å²) in [7, 11) is 0. The van der Waals surface area contributed by atoms with Crippen LogP contribution in [0.4, 0.5) is 0 Å². The number of hydrogen-bond acceptors (Lipinski definition) is 1. The first-order valence-corrected chi connectivity index (χ1v) is 7.36. The van der Waals surface area contributed by atoms with Crippen molar-refractivity contribution in [3.05, 3.63) is 69.4 Å². The second-order valence-corrected chi connectivity index (χ2v) is 6.50. The second kappa shape index (κ2) is 6.03. The fourth-order valence-corrected chi connectivity index (χ4v) is 2.82. The summed E-state index contributed by atoms with van der Waals surface area (Å²) in [4.78, 5) is 2.80. The summed E-state index contributed by atoms with van der Waals surface area (Å²) in [5.74, 6) is 0. The molecule has 3 rings (SSSR count). The van der Waals surface area contributed by atoms with E-state index in [9.17, 15) is 0 Å². The van der Waals surface area contributed by atoms with E-state index in [0.717, 1.165) is 0 Å². The highest BCUT2D eigenvalue weighted by Crippen LogP contribution is 2.16. The van der Waals surface area contributed by atoms with Gasteiger partial charge in [-0.1, -0.05) is 47.5 Å². The van der Waals surface area contributed by atoms with Crippen molar-refractivity contribution in [3.63, 3.8) is 0 Å². The molecule has 0 N–H and O–H groups in total. The van der Waals surface area contributed by atoms with Crippen LogP contribution in [0.3, 0.4) is 0 Å². The van der Waals surface area contributed by atoms with E-state index >= 15 is 0 Å². The average Bonchev–Trinajstić information content (AvgIpc) is 2.74. The molecule has 0 fully saturated rings. The highest BCUT2D eigenvalue weighted by atomic mass is 32.1. The monoisotopic (exact) mass is 268 g/mol. The number of hydrogen-bond donors (Lipinski definition) is 0. The van der Waals surface area contributed by atoms with Gasteiger partial charge in [0.2, 0.25) is 0 Å². The Bertz CT molecular complexity index is 619. The van der Waals surface area contributed by atoms with E-state index in [1.807, 2.05) is 11.3 Å². The van der Waals surface area contributed by atoms with Crippen LogP contribution in [0.1, 0.15) is 20.9 Å². The summed E-state index contributed by atoms with van der Waals surface area (Å²) in [5.41, 5.74) is 2.65. The molecule has 0 aliphatic rings. The Kier molecular flexibility index (Phi) is 4.39. The molecule has 1 heterocycles. The number of fused-ring (bicyclic) bond motifs is 1. The minimum Gasteiger partial charge on any atom is -0.146 e. The van der Waals surface area contributed by atoms with Crippen LogP contribution in [-0.4, -0.2) is 0 Å². The minimum absolute atomic E-state index is 1.33. The maximum Gasteiger partial charge on any atom is 0.00170 e. The Morgan fingerprint density at radius 2 is 1.00 bits per heavy atom. The average molecular weight is 268 g/mol. The summed E-state index contributed by atoms with van der Waals surface area (Å²) >= 11 is 1.84. The molecule has 0 atom stereocenters. The third-order valence-corrected chi connectivity index (χ3v) is 3.94. The van der Waals surface area contributed by atoms with Crippen LogP contribution < -0.4 is 0 Å². The third-order valence-electron chi connectivity index (χ3n) is 3.03. The Balaban J connectivity index is 0.000000163. The minimum atomic E-state index is 1.33. The third kappa shape index (κ3) is 3.93. The highest BCUT2D eigenvalue weighted by molar-refractivity contribution is 7.11. The van der Waals surface area contributed by atoms with Gasteiger partial charge in [0.15, 0.2) is 0 Å². The lowest BCUT2D eigenvalue weighted by molar-refractivity contribution is 1.47. The Labute approximate surface area is 119 Å². The maximum absolute atomic E-state index is 2.22. The van der Waals surface area contributed by atoms with Gasteiger partial charge in [-0.3, -0.25) is 0 Å². The van der Waals surface area contributed by atoms with E-state index in [1.165, 1.54) is 31.7 Å². The zero-order valence-corrected chi connectivity index (χ0v) is 12.8. The Morgan fingerprint density at radius 3 is 1.32 bits per heavy atom. The van der Waals surface area contributed by atoms with Gasteiger partial charge in [-0.25, -0.2) is 0 Å². The number of aryl methyl sites for hydroxylation is 4. The molecule has 0 saturated heterocycles. The molecule has 2 aromatic carbocycles. The predicted molar refractivity (Wildman–Crippen MR) is 87.2 cm³/mol. The van der Waals surface area contributed by atoms with Crippen LogP contribution in [0.5, 0.6) is 0 Å². The lowest BCUT2D eigenvalue weighted by Gasteiger charge is -1.99. The van der Waals surface area contributed by atoms with E-state index < -0.39 is 0 Å². The molecular formula is C18H20S. The van der Waals surface area contributed by atoms with Gasteiger partial charge < -0.3 is 0 Å². The molecule has 19 heavy (non-hydrogen) atoms. The van der Waals surface area contributed by atoms with Crippen LogP contribution in [-0.2, 0) is 0 Å². The molecule has 0 bridgehead atoms. The van der Waals surface area contributed by atoms with E-state index in [2.05, 4.69) is 76.2 Å². The van der Waals surface area contributed by atoms with E-state index in [0.29, 0.717) is 0 Å². The summed E-state index contributed by atoms with van der Waals surface area (Å²) < 4.78 is 0. The summed E-state index contributed by atoms with van der Waals surface area (Å²) in [6.07, 6.45) is 0. The molecule has 0 radical (unpaired) electrons. The molecule has 0 amide bonds. The lowest BCUT2D eigenvalue weighted by Crippen LogP contribution is -1.76. The fourth-order valence-electron chi connectivity index (χ4n) is 2.04. The predicted octanol–water partition coefficient (Wildman–Crippen LogP) is 5.82. The van der Waals surface area contributed by atoms with Crippen LogP contribution in [0, 0.1) is 27.7 Å². The second-order valence-electron chi connectivity index (χ2n) is 5.01. The van der Waals surface area contributed by atoms with Gasteiger partial charge in [0.1, 0.15) is 0 Å². The van der Waals surface area contributed by atoms with Crippen molar-refractivity contribution < 1.29 is 0 Å². The molecule has 0 aliphatic heterocycles. The summed E-state index contributed by atoms with van der Waals surface area (Å²) in [5, 5.41) is 2.67. The lowest BCUT2D eigenvalue weighted by atomic mass is 10.1. The van der Waals surface area contributed by atoms with Crippen LogP contribution >= 0.6 is 11.3 Å². The van der Waals surface area contributed by atoms with Gasteiger partial charge in [0.05, 0.1) is 0 Å². The van der Waals surface area contributed by atoms with Crippen molar-refractivity contribution in [1.82, 2.24) is 0 Å². The van der Waals surface area contributed by atoms with Crippen LogP contribution in [0.2, 0.25) is 0 Å². The molecule has 1 heteroatoms. The SMILES string of the molecule is Cc1ccc(C)s1.Cc1ccc2cc(C)ccc2c1. The van der Waals surface area contributed by atoms with Gasteiger partial charge in [0, 0.05) is 9.75 Å². The van der Waals surface area contributed by atoms with Gasteiger partial charge in [-0.2, -0.15) is 0 Å². The number of benzene rings is 2. The van der Waals surface area contributed by atoms with E-state index in [4.69, 9.17) is 0 Å². The van der Waals surface area contributed by atoms with Crippen LogP contribution in [0.25, 0.3) is 10.8 Å². The first kappa shape index (κ1) is 13.8. The van der Waals surface area contributed by atoms with Crippen molar-refractivity contribution in [2.24, 2.45) is 0 Å². The van der Waals surface area contributed by atoms with Gasteiger partial charge in [-0.15, -0.1) is 11.3 Å². The van der Waals surface area contributed by atoms with Crippen molar-refractivity contribution >= 4 is 22.1 Å². The smallest absolute Gasteiger partial charge is 0.00170 e. The molecular weight excluding hydrogens is 248 g/mol. The van der Waals surface area contributed by atoms with Gasteiger partial charge in [-0.05, 0) is 50.6 Å². The van der Waals surface area contributed by atoms with Crippen molar-refractivity contribution in [2.75, 3.05) is 0 Å². The molecule has 0 aliphatic carbocycles. The molecule has 98 valence electrons. The Hall–Kier alpha value is -1.60. The molecule has 3 aromatic rings. The van der Waals surface area contributed by atoms with E-state index in [-0.39, 0.29) is 0 Å². The summed E-state index contributed by atoms with van der Waals surface area (Å²) in [6.45, 7) is 8.49. The largest absolute Gasteiger partial charge is 0.146 e. The number of rotatable bonds is 0.